The van der Waals surface area contributed by atoms with Crippen molar-refractivity contribution in [3.8, 4) is 11.1 Å². The maximum absolute atomic E-state index is 5.04. The van der Waals surface area contributed by atoms with Gasteiger partial charge < -0.3 is 8.97 Å². The van der Waals surface area contributed by atoms with E-state index in [0.717, 1.165) is 25.0 Å². The van der Waals surface area contributed by atoms with Crippen molar-refractivity contribution in [3.05, 3.63) is 60.7 Å². The SMILES string of the molecule is c1cc2ccc(-c3ccc4c(c3)nc3n4CCN4CCCC4C3)cn2c1. The summed E-state index contributed by atoms with van der Waals surface area (Å²) in [7, 11) is 0. The largest absolute Gasteiger partial charge is 0.327 e. The van der Waals surface area contributed by atoms with Gasteiger partial charge in [-0.25, -0.2) is 4.98 Å². The fraction of sp³-hybridized carbons (Fsp3) is 0.318. The highest BCUT2D eigenvalue weighted by molar-refractivity contribution is 5.83. The van der Waals surface area contributed by atoms with Crippen LogP contribution in [-0.2, 0) is 13.0 Å². The maximum atomic E-state index is 5.04. The number of pyridine rings is 1. The third-order valence-corrected chi connectivity index (χ3v) is 6.21. The molecule has 1 aromatic carbocycles. The molecule has 5 heterocycles. The molecule has 1 atom stereocenters. The Hall–Kier alpha value is -2.59. The molecule has 3 aromatic heterocycles. The van der Waals surface area contributed by atoms with E-state index in [-0.39, 0.29) is 0 Å². The molecule has 4 heteroatoms. The minimum Gasteiger partial charge on any atom is -0.327 e. The van der Waals surface area contributed by atoms with Crippen LogP contribution in [-0.4, -0.2) is 38.0 Å². The van der Waals surface area contributed by atoms with E-state index in [1.807, 2.05) is 0 Å². The molecule has 26 heavy (non-hydrogen) atoms. The summed E-state index contributed by atoms with van der Waals surface area (Å²) in [4.78, 5) is 7.70. The van der Waals surface area contributed by atoms with Gasteiger partial charge in [0, 0.05) is 43.5 Å². The van der Waals surface area contributed by atoms with Gasteiger partial charge in [-0.05, 0) is 60.8 Å². The molecule has 0 bridgehead atoms. The van der Waals surface area contributed by atoms with E-state index in [2.05, 4.69) is 68.7 Å². The van der Waals surface area contributed by atoms with Crippen LogP contribution in [0.3, 0.4) is 0 Å². The summed E-state index contributed by atoms with van der Waals surface area (Å²) in [5, 5.41) is 0. The molecule has 6 rings (SSSR count). The Bertz CT molecular complexity index is 1120. The Morgan fingerprint density at radius 3 is 2.92 bits per heavy atom. The molecule has 0 aliphatic carbocycles. The Morgan fingerprint density at radius 1 is 0.962 bits per heavy atom. The van der Waals surface area contributed by atoms with Crippen LogP contribution in [0, 0.1) is 0 Å². The summed E-state index contributed by atoms with van der Waals surface area (Å²) in [6.07, 6.45) is 8.07. The van der Waals surface area contributed by atoms with E-state index in [1.165, 1.54) is 47.4 Å². The van der Waals surface area contributed by atoms with Crippen molar-refractivity contribution in [2.75, 3.05) is 13.1 Å². The number of rotatable bonds is 1. The van der Waals surface area contributed by atoms with E-state index < -0.39 is 0 Å². The summed E-state index contributed by atoms with van der Waals surface area (Å²) >= 11 is 0. The van der Waals surface area contributed by atoms with Crippen molar-refractivity contribution >= 4 is 16.6 Å². The molecule has 0 N–H and O–H groups in total. The molecular formula is C22H22N4. The maximum Gasteiger partial charge on any atom is 0.111 e. The van der Waals surface area contributed by atoms with E-state index >= 15 is 0 Å². The van der Waals surface area contributed by atoms with Gasteiger partial charge in [0.05, 0.1) is 11.0 Å². The molecule has 0 saturated carbocycles. The molecule has 1 fully saturated rings. The zero-order valence-electron chi connectivity index (χ0n) is 14.8. The first-order valence-corrected chi connectivity index (χ1v) is 9.65. The molecule has 4 nitrogen and oxygen atoms in total. The van der Waals surface area contributed by atoms with Crippen LogP contribution in [0.1, 0.15) is 18.7 Å². The molecule has 2 aliphatic heterocycles. The highest BCUT2D eigenvalue weighted by Gasteiger charge is 2.29. The highest BCUT2D eigenvalue weighted by Crippen LogP contribution is 2.29. The molecule has 130 valence electrons. The molecule has 0 spiro atoms. The van der Waals surface area contributed by atoms with Crippen molar-refractivity contribution in [2.24, 2.45) is 0 Å². The molecule has 1 saturated heterocycles. The van der Waals surface area contributed by atoms with Gasteiger partial charge >= 0.3 is 0 Å². The molecule has 0 radical (unpaired) electrons. The van der Waals surface area contributed by atoms with Crippen LogP contribution in [0.25, 0.3) is 27.7 Å². The van der Waals surface area contributed by atoms with E-state index in [1.54, 1.807) is 0 Å². The van der Waals surface area contributed by atoms with Crippen LogP contribution in [0.2, 0.25) is 0 Å². The van der Waals surface area contributed by atoms with Crippen LogP contribution < -0.4 is 0 Å². The lowest BCUT2D eigenvalue weighted by Crippen LogP contribution is -2.30. The summed E-state index contributed by atoms with van der Waals surface area (Å²) in [5.74, 6) is 1.27. The smallest absolute Gasteiger partial charge is 0.111 e. The number of nitrogens with zero attached hydrogens (tertiary/aromatic N) is 4. The quantitative estimate of drug-likeness (QED) is 0.523. The first-order chi connectivity index (χ1) is 12.8. The van der Waals surface area contributed by atoms with Gasteiger partial charge in [-0.1, -0.05) is 12.1 Å². The first-order valence-electron chi connectivity index (χ1n) is 9.65. The van der Waals surface area contributed by atoms with Crippen molar-refractivity contribution in [1.82, 2.24) is 18.9 Å². The van der Waals surface area contributed by atoms with Gasteiger partial charge in [-0.15, -0.1) is 0 Å². The second-order valence-electron chi connectivity index (χ2n) is 7.68. The van der Waals surface area contributed by atoms with Gasteiger partial charge in [0.1, 0.15) is 5.82 Å². The fourth-order valence-electron chi connectivity index (χ4n) is 4.83. The van der Waals surface area contributed by atoms with Gasteiger partial charge in [-0.2, -0.15) is 0 Å². The van der Waals surface area contributed by atoms with Gasteiger partial charge in [0.25, 0.3) is 0 Å². The molecular weight excluding hydrogens is 320 g/mol. The number of hydrogen-bond acceptors (Lipinski definition) is 2. The molecule has 1 unspecified atom stereocenters. The zero-order chi connectivity index (χ0) is 17.1. The third-order valence-electron chi connectivity index (χ3n) is 6.21. The van der Waals surface area contributed by atoms with Crippen LogP contribution in [0.15, 0.2) is 54.9 Å². The number of imidazole rings is 1. The second-order valence-corrected chi connectivity index (χ2v) is 7.68. The normalized spacial score (nSPS) is 20.4. The van der Waals surface area contributed by atoms with Crippen LogP contribution in [0.4, 0.5) is 0 Å². The molecule has 2 aliphatic rings. The minimum absolute atomic E-state index is 0.698. The van der Waals surface area contributed by atoms with Crippen molar-refractivity contribution in [2.45, 2.75) is 31.8 Å². The van der Waals surface area contributed by atoms with Crippen molar-refractivity contribution in [3.63, 3.8) is 0 Å². The minimum atomic E-state index is 0.698. The van der Waals surface area contributed by atoms with E-state index in [0.29, 0.717) is 6.04 Å². The van der Waals surface area contributed by atoms with Crippen molar-refractivity contribution < 1.29 is 0 Å². The van der Waals surface area contributed by atoms with Crippen LogP contribution >= 0.6 is 0 Å². The monoisotopic (exact) mass is 342 g/mol. The topological polar surface area (TPSA) is 25.5 Å². The average Bonchev–Trinajstić information content (AvgIpc) is 3.36. The molecule has 0 amide bonds. The summed E-state index contributed by atoms with van der Waals surface area (Å²) in [5.41, 5.74) is 6.12. The second kappa shape index (κ2) is 5.45. The summed E-state index contributed by atoms with van der Waals surface area (Å²) < 4.78 is 4.63. The van der Waals surface area contributed by atoms with Gasteiger partial charge in [0.2, 0.25) is 0 Å². The average molecular weight is 342 g/mol. The number of hydrogen-bond donors (Lipinski definition) is 0. The predicted molar refractivity (Wildman–Crippen MR) is 104 cm³/mol. The highest BCUT2D eigenvalue weighted by atomic mass is 15.2. The first kappa shape index (κ1) is 14.6. The van der Waals surface area contributed by atoms with Gasteiger partial charge in [0.15, 0.2) is 0 Å². The number of aromatic nitrogens is 3. The van der Waals surface area contributed by atoms with E-state index in [4.69, 9.17) is 4.98 Å². The lowest BCUT2D eigenvalue weighted by Gasteiger charge is -2.20. The Balaban J connectivity index is 1.44. The number of benzene rings is 1. The van der Waals surface area contributed by atoms with Crippen LogP contribution in [0.5, 0.6) is 0 Å². The Morgan fingerprint density at radius 2 is 1.92 bits per heavy atom. The predicted octanol–water partition coefficient (Wildman–Crippen LogP) is 3.98. The van der Waals surface area contributed by atoms with E-state index in [9.17, 15) is 0 Å². The fourth-order valence-corrected chi connectivity index (χ4v) is 4.83. The summed E-state index contributed by atoms with van der Waals surface area (Å²) in [6, 6.07) is 16.1. The van der Waals surface area contributed by atoms with Gasteiger partial charge in [-0.3, -0.25) is 4.90 Å². The Labute approximate surface area is 152 Å². The Kier molecular flexibility index (Phi) is 3.05. The number of fused-ring (bicyclic) bond motifs is 5. The third kappa shape index (κ3) is 2.15. The lowest BCUT2D eigenvalue weighted by molar-refractivity contribution is 0.258. The standard InChI is InChI=1S/C22H22N4/c1-3-18-7-5-17(15-25(18)10-1)16-6-8-21-20(13-16)23-22-14-19-4-2-9-24(19)11-12-26(21)22/h1,3,5-8,10,13,15,19H,2,4,9,11-12,14H2. The molecule has 4 aromatic rings. The zero-order valence-corrected chi connectivity index (χ0v) is 14.8. The lowest BCUT2D eigenvalue weighted by atomic mass is 10.1. The summed E-state index contributed by atoms with van der Waals surface area (Å²) in [6.45, 7) is 3.49. The van der Waals surface area contributed by atoms with Crippen molar-refractivity contribution in [1.29, 1.82) is 0 Å².